The first-order chi connectivity index (χ1) is 9.73. The first kappa shape index (κ1) is 13.5. The van der Waals surface area contributed by atoms with Gasteiger partial charge in [-0.1, -0.05) is 0 Å². The second-order valence-corrected chi connectivity index (χ2v) is 5.82. The maximum atomic E-state index is 12.9. The number of hydrogen-bond acceptors (Lipinski definition) is 4. The highest BCUT2D eigenvalue weighted by Gasteiger charge is 2.43. The van der Waals surface area contributed by atoms with Crippen LogP contribution < -0.4 is 0 Å². The van der Waals surface area contributed by atoms with E-state index in [1.54, 1.807) is 6.20 Å². The van der Waals surface area contributed by atoms with Crippen LogP contribution in [-0.2, 0) is 4.74 Å². The van der Waals surface area contributed by atoms with Crippen LogP contribution in [0.5, 0.6) is 0 Å². The number of carbonyl (C=O) groups excluding carboxylic acids is 1. The van der Waals surface area contributed by atoms with Crippen molar-refractivity contribution in [1.29, 1.82) is 0 Å². The quantitative estimate of drug-likeness (QED) is 0.786. The third-order valence-electron chi connectivity index (χ3n) is 4.54. The molecule has 108 valence electrons. The number of hydrogen-bond donors (Lipinski definition) is 0. The van der Waals surface area contributed by atoms with Crippen molar-refractivity contribution in [3.05, 3.63) is 23.8 Å². The van der Waals surface area contributed by atoms with Gasteiger partial charge in [-0.25, -0.2) is 9.97 Å². The molecule has 2 fully saturated rings. The molecule has 0 bridgehead atoms. The zero-order valence-corrected chi connectivity index (χ0v) is 12.0. The van der Waals surface area contributed by atoms with E-state index in [-0.39, 0.29) is 11.4 Å². The SMILES string of the molecule is Cc1ncncc1C(=O)N1CCCCC12CCCOC2. The summed E-state index contributed by atoms with van der Waals surface area (Å²) in [5, 5.41) is 0. The molecule has 20 heavy (non-hydrogen) atoms. The average molecular weight is 275 g/mol. The van der Waals surface area contributed by atoms with E-state index in [0.717, 1.165) is 44.5 Å². The molecule has 3 rings (SSSR count). The van der Waals surface area contributed by atoms with Gasteiger partial charge in [-0.3, -0.25) is 4.79 Å². The molecule has 2 saturated heterocycles. The van der Waals surface area contributed by atoms with Crippen molar-refractivity contribution in [1.82, 2.24) is 14.9 Å². The molecule has 5 nitrogen and oxygen atoms in total. The highest BCUT2D eigenvalue weighted by molar-refractivity contribution is 5.95. The summed E-state index contributed by atoms with van der Waals surface area (Å²) in [6, 6.07) is 0. The Hall–Kier alpha value is -1.49. The van der Waals surface area contributed by atoms with Crippen LogP contribution in [0.2, 0.25) is 0 Å². The lowest BCUT2D eigenvalue weighted by Crippen LogP contribution is -2.58. The zero-order chi connectivity index (χ0) is 14.0. The van der Waals surface area contributed by atoms with Crippen LogP contribution in [0.25, 0.3) is 0 Å². The van der Waals surface area contributed by atoms with Crippen molar-refractivity contribution < 1.29 is 9.53 Å². The van der Waals surface area contributed by atoms with Gasteiger partial charge in [-0.15, -0.1) is 0 Å². The third kappa shape index (κ3) is 2.30. The number of amides is 1. The van der Waals surface area contributed by atoms with Crippen LogP contribution in [0.15, 0.2) is 12.5 Å². The first-order valence-electron chi connectivity index (χ1n) is 7.39. The minimum Gasteiger partial charge on any atom is -0.379 e. The summed E-state index contributed by atoms with van der Waals surface area (Å²) in [5.74, 6) is 0.0632. The summed E-state index contributed by atoms with van der Waals surface area (Å²) in [4.78, 5) is 23.1. The van der Waals surface area contributed by atoms with Crippen LogP contribution in [0, 0.1) is 6.92 Å². The lowest BCUT2D eigenvalue weighted by molar-refractivity contribution is -0.0549. The molecule has 2 aliphatic rings. The second kappa shape index (κ2) is 5.48. The number of aryl methyl sites for hydroxylation is 1. The summed E-state index contributed by atoms with van der Waals surface area (Å²) >= 11 is 0. The van der Waals surface area contributed by atoms with Crippen molar-refractivity contribution >= 4 is 5.91 Å². The lowest BCUT2D eigenvalue weighted by Gasteiger charge is -2.49. The van der Waals surface area contributed by atoms with E-state index in [9.17, 15) is 4.79 Å². The first-order valence-corrected chi connectivity index (χ1v) is 7.39. The Kier molecular flexibility index (Phi) is 3.70. The largest absolute Gasteiger partial charge is 0.379 e. The summed E-state index contributed by atoms with van der Waals surface area (Å²) in [6.45, 7) is 4.17. The van der Waals surface area contributed by atoms with Gasteiger partial charge >= 0.3 is 0 Å². The van der Waals surface area contributed by atoms with Crippen LogP contribution in [0.3, 0.4) is 0 Å². The molecular weight excluding hydrogens is 254 g/mol. The fourth-order valence-corrected chi connectivity index (χ4v) is 3.41. The van der Waals surface area contributed by atoms with Crippen molar-refractivity contribution in [3.8, 4) is 0 Å². The van der Waals surface area contributed by atoms with E-state index in [1.807, 2.05) is 11.8 Å². The second-order valence-electron chi connectivity index (χ2n) is 5.82. The van der Waals surface area contributed by atoms with Gasteiger partial charge in [0, 0.05) is 19.3 Å². The number of aromatic nitrogens is 2. The monoisotopic (exact) mass is 275 g/mol. The third-order valence-corrected chi connectivity index (χ3v) is 4.54. The molecule has 0 N–H and O–H groups in total. The van der Waals surface area contributed by atoms with E-state index in [4.69, 9.17) is 4.74 Å². The Morgan fingerprint density at radius 2 is 2.20 bits per heavy atom. The van der Waals surface area contributed by atoms with Gasteiger partial charge in [0.05, 0.1) is 23.4 Å². The van der Waals surface area contributed by atoms with Gasteiger partial charge in [0.1, 0.15) is 6.33 Å². The molecule has 0 aromatic carbocycles. The lowest BCUT2D eigenvalue weighted by atomic mass is 9.81. The zero-order valence-electron chi connectivity index (χ0n) is 12.0. The fourth-order valence-electron chi connectivity index (χ4n) is 3.41. The van der Waals surface area contributed by atoms with Crippen molar-refractivity contribution in [2.45, 2.75) is 44.6 Å². The molecule has 1 aromatic heterocycles. The van der Waals surface area contributed by atoms with Gasteiger partial charge in [0.2, 0.25) is 0 Å². The molecule has 0 aliphatic carbocycles. The number of ether oxygens (including phenoxy) is 1. The van der Waals surface area contributed by atoms with Gasteiger partial charge in [-0.05, 0) is 39.0 Å². The van der Waals surface area contributed by atoms with Crippen LogP contribution in [0.4, 0.5) is 0 Å². The predicted molar refractivity (Wildman–Crippen MR) is 74.4 cm³/mol. The maximum Gasteiger partial charge on any atom is 0.257 e. The van der Waals surface area contributed by atoms with Gasteiger partial charge < -0.3 is 9.64 Å². The minimum absolute atomic E-state index is 0.0632. The molecule has 1 atom stereocenters. The minimum atomic E-state index is -0.101. The highest BCUT2D eigenvalue weighted by atomic mass is 16.5. The molecule has 5 heteroatoms. The Morgan fingerprint density at radius 3 is 2.95 bits per heavy atom. The van der Waals surface area contributed by atoms with E-state index in [1.165, 1.54) is 12.7 Å². The molecule has 0 radical (unpaired) electrons. The number of carbonyl (C=O) groups is 1. The summed E-state index contributed by atoms with van der Waals surface area (Å²) < 4.78 is 5.68. The van der Waals surface area contributed by atoms with Crippen LogP contribution >= 0.6 is 0 Å². The Morgan fingerprint density at radius 1 is 1.35 bits per heavy atom. The molecular formula is C15H21N3O2. The smallest absolute Gasteiger partial charge is 0.257 e. The number of piperidine rings is 1. The maximum absolute atomic E-state index is 12.9. The van der Waals surface area contributed by atoms with E-state index in [2.05, 4.69) is 9.97 Å². The average Bonchev–Trinajstić information content (AvgIpc) is 2.48. The number of likely N-dealkylation sites (tertiary alicyclic amines) is 1. The van der Waals surface area contributed by atoms with Crippen LogP contribution in [-0.4, -0.2) is 46.1 Å². The molecule has 1 spiro atoms. The standard InChI is InChI=1S/C15H21N3O2/c1-12-13(9-16-11-17-12)14(19)18-7-3-2-5-15(18)6-4-8-20-10-15/h9,11H,2-8,10H2,1H3. The normalized spacial score (nSPS) is 26.8. The van der Waals surface area contributed by atoms with Crippen molar-refractivity contribution in [2.24, 2.45) is 0 Å². The Bertz CT molecular complexity index is 489. The topological polar surface area (TPSA) is 55.3 Å². The van der Waals surface area contributed by atoms with Gasteiger partial charge in [0.25, 0.3) is 5.91 Å². The molecule has 1 amide bonds. The highest BCUT2D eigenvalue weighted by Crippen LogP contribution is 2.36. The summed E-state index contributed by atoms with van der Waals surface area (Å²) in [5.41, 5.74) is 1.28. The summed E-state index contributed by atoms with van der Waals surface area (Å²) in [7, 11) is 0. The molecule has 3 heterocycles. The van der Waals surface area contributed by atoms with Crippen molar-refractivity contribution in [2.75, 3.05) is 19.8 Å². The number of rotatable bonds is 1. The fraction of sp³-hybridized carbons (Fsp3) is 0.667. The molecule has 0 saturated carbocycles. The molecule has 1 unspecified atom stereocenters. The van der Waals surface area contributed by atoms with Crippen molar-refractivity contribution in [3.63, 3.8) is 0 Å². The summed E-state index contributed by atoms with van der Waals surface area (Å²) in [6.07, 6.45) is 8.50. The van der Waals surface area contributed by atoms with E-state index in [0.29, 0.717) is 12.2 Å². The Balaban J connectivity index is 1.90. The van der Waals surface area contributed by atoms with E-state index < -0.39 is 0 Å². The predicted octanol–water partition coefficient (Wildman–Crippen LogP) is 1.96. The van der Waals surface area contributed by atoms with Gasteiger partial charge in [0.15, 0.2) is 0 Å². The van der Waals surface area contributed by atoms with E-state index >= 15 is 0 Å². The van der Waals surface area contributed by atoms with Gasteiger partial charge in [-0.2, -0.15) is 0 Å². The Labute approximate surface area is 119 Å². The molecule has 2 aliphatic heterocycles. The molecule has 1 aromatic rings. The van der Waals surface area contributed by atoms with Crippen LogP contribution in [0.1, 0.15) is 48.2 Å². The number of nitrogens with zero attached hydrogens (tertiary/aromatic N) is 3.